The first-order valence-corrected chi connectivity index (χ1v) is 8.78. The number of benzene rings is 1. The van der Waals surface area contributed by atoms with E-state index < -0.39 is 0 Å². The number of furan rings is 1. The molecule has 3 aromatic rings. The lowest BCUT2D eigenvalue weighted by atomic mass is 10.0. The zero-order valence-corrected chi connectivity index (χ0v) is 14.4. The third-order valence-electron chi connectivity index (χ3n) is 4.77. The normalized spacial score (nSPS) is 14.3. The lowest BCUT2D eigenvalue weighted by Gasteiger charge is -2.26. The van der Waals surface area contributed by atoms with Crippen LogP contribution in [0, 0.1) is 20.8 Å². The average Bonchev–Trinajstić information content (AvgIpc) is 3.14. The predicted molar refractivity (Wildman–Crippen MR) is 93.2 cm³/mol. The molecule has 0 fully saturated rings. The van der Waals surface area contributed by atoms with Crippen LogP contribution < -0.4 is 0 Å². The van der Waals surface area contributed by atoms with Crippen LogP contribution in [0.3, 0.4) is 0 Å². The third kappa shape index (κ3) is 2.20. The number of rotatable bonds is 1. The lowest BCUT2D eigenvalue weighted by molar-refractivity contribution is 0.0705. The molecule has 0 atom stereocenters. The first kappa shape index (κ1) is 14.5. The highest BCUT2D eigenvalue weighted by molar-refractivity contribution is 7.10. The van der Waals surface area contributed by atoms with Crippen molar-refractivity contribution in [1.29, 1.82) is 0 Å². The van der Waals surface area contributed by atoms with Crippen LogP contribution in [0.1, 0.15) is 37.7 Å². The van der Waals surface area contributed by atoms with Crippen molar-refractivity contribution in [3.63, 3.8) is 0 Å². The molecule has 23 heavy (non-hydrogen) atoms. The van der Waals surface area contributed by atoms with Gasteiger partial charge in [0.1, 0.15) is 5.58 Å². The van der Waals surface area contributed by atoms with Crippen LogP contribution in [0.5, 0.6) is 0 Å². The van der Waals surface area contributed by atoms with Gasteiger partial charge < -0.3 is 9.32 Å². The molecule has 2 aromatic heterocycles. The highest BCUT2D eigenvalue weighted by Gasteiger charge is 2.27. The molecule has 1 amide bonds. The SMILES string of the molecule is Cc1ccc(C)c2c(C)c(C(=O)N3CCc4sccc4C3)oc12. The second-order valence-electron chi connectivity index (χ2n) is 6.31. The molecular weight excluding hydrogens is 306 g/mol. The Morgan fingerprint density at radius 2 is 1.96 bits per heavy atom. The third-order valence-corrected chi connectivity index (χ3v) is 5.79. The van der Waals surface area contributed by atoms with Gasteiger partial charge in [0.2, 0.25) is 0 Å². The molecule has 0 N–H and O–H groups in total. The van der Waals surface area contributed by atoms with Crippen molar-refractivity contribution < 1.29 is 9.21 Å². The second kappa shape index (κ2) is 5.24. The number of fused-ring (bicyclic) bond motifs is 2. The largest absolute Gasteiger partial charge is 0.450 e. The van der Waals surface area contributed by atoms with Crippen LogP contribution in [0.15, 0.2) is 28.0 Å². The van der Waals surface area contributed by atoms with E-state index in [0.717, 1.165) is 40.6 Å². The summed E-state index contributed by atoms with van der Waals surface area (Å²) in [6, 6.07) is 6.26. The molecule has 0 spiro atoms. The van der Waals surface area contributed by atoms with Crippen molar-refractivity contribution in [2.24, 2.45) is 0 Å². The maximum atomic E-state index is 13.0. The van der Waals surface area contributed by atoms with Gasteiger partial charge in [-0.3, -0.25) is 4.79 Å². The number of amides is 1. The molecule has 0 aliphatic carbocycles. The minimum Gasteiger partial charge on any atom is -0.450 e. The number of hydrogen-bond donors (Lipinski definition) is 0. The Balaban J connectivity index is 1.75. The van der Waals surface area contributed by atoms with Gasteiger partial charge in [0.05, 0.1) is 0 Å². The Morgan fingerprint density at radius 3 is 2.74 bits per heavy atom. The quantitative estimate of drug-likeness (QED) is 0.654. The van der Waals surface area contributed by atoms with Crippen LogP contribution in [0.2, 0.25) is 0 Å². The summed E-state index contributed by atoms with van der Waals surface area (Å²) in [7, 11) is 0. The molecule has 0 saturated heterocycles. The molecule has 1 aliphatic rings. The number of hydrogen-bond acceptors (Lipinski definition) is 3. The fourth-order valence-electron chi connectivity index (χ4n) is 3.44. The molecule has 1 aromatic carbocycles. The Morgan fingerprint density at radius 1 is 1.17 bits per heavy atom. The highest BCUT2D eigenvalue weighted by Crippen LogP contribution is 2.32. The Hall–Kier alpha value is -2.07. The van der Waals surface area contributed by atoms with E-state index in [2.05, 4.69) is 24.4 Å². The van der Waals surface area contributed by atoms with E-state index in [-0.39, 0.29) is 5.91 Å². The van der Waals surface area contributed by atoms with Crippen molar-refractivity contribution in [1.82, 2.24) is 4.90 Å². The molecule has 4 rings (SSSR count). The van der Waals surface area contributed by atoms with E-state index in [9.17, 15) is 4.79 Å². The van der Waals surface area contributed by atoms with Gasteiger partial charge in [-0.2, -0.15) is 0 Å². The number of aryl methyl sites for hydroxylation is 3. The number of carbonyl (C=O) groups is 1. The van der Waals surface area contributed by atoms with Gasteiger partial charge in [0, 0.05) is 28.9 Å². The summed E-state index contributed by atoms with van der Waals surface area (Å²) >= 11 is 1.78. The van der Waals surface area contributed by atoms with E-state index >= 15 is 0 Å². The van der Waals surface area contributed by atoms with Gasteiger partial charge in [-0.15, -0.1) is 11.3 Å². The van der Waals surface area contributed by atoms with Crippen LogP contribution in [0.25, 0.3) is 11.0 Å². The van der Waals surface area contributed by atoms with Gasteiger partial charge in [-0.25, -0.2) is 0 Å². The summed E-state index contributed by atoms with van der Waals surface area (Å²) in [5.41, 5.74) is 5.31. The fourth-order valence-corrected chi connectivity index (χ4v) is 4.33. The van der Waals surface area contributed by atoms with Crippen LogP contribution >= 0.6 is 11.3 Å². The standard InChI is InChI=1S/C19H19NO2S/c1-11-4-5-12(2)17-16(11)13(3)18(22-17)19(21)20-8-6-15-14(10-20)7-9-23-15/h4-5,7,9H,6,8,10H2,1-3H3. The molecule has 0 radical (unpaired) electrons. The zero-order chi connectivity index (χ0) is 16.1. The minimum atomic E-state index is 0.00866. The Bertz CT molecular complexity index is 919. The van der Waals surface area contributed by atoms with Crippen molar-refractivity contribution in [3.05, 3.63) is 56.5 Å². The summed E-state index contributed by atoms with van der Waals surface area (Å²) in [5, 5.41) is 3.19. The molecule has 3 heterocycles. The lowest BCUT2D eigenvalue weighted by Crippen LogP contribution is -2.35. The summed E-state index contributed by atoms with van der Waals surface area (Å²) < 4.78 is 6.01. The van der Waals surface area contributed by atoms with Crippen molar-refractivity contribution in [3.8, 4) is 0 Å². The van der Waals surface area contributed by atoms with Crippen molar-refractivity contribution >= 4 is 28.2 Å². The first-order chi connectivity index (χ1) is 11.1. The molecule has 118 valence electrons. The average molecular weight is 325 g/mol. The maximum Gasteiger partial charge on any atom is 0.290 e. The first-order valence-electron chi connectivity index (χ1n) is 7.90. The second-order valence-corrected chi connectivity index (χ2v) is 7.31. The topological polar surface area (TPSA) is 33.5 Å². The predicted octanol–water partition coefficient (Wildman–Crippen LogP) is 4.62. The van der Waals surface area contributed by atoms with Crippen LogP contribution in [0.4, 0.5) is 0 Å². The van der Waals surface area contributed by atoms with Crippen molar-refractivity contribution in [2.75, 3.05) is 6.54 Å². The number of carbonyl (C=O) groups excluding carboxylic acids is 1. The molecule has 1 aliphatic heterocycles. The number of nitrogens with zero attached hydrogens (tertiary/aromatic N) is 1. The smallest absolute Gasteiger partial charge is 0.290 e. The van der Waals surface area contributed by atoms with E-state index in [1.807, 2.05) is 24.8 Å². The van der Waals surface area contributed by atoms with Crippen LogP contribution in [-0.4, -0.2) is 17.4 Å². The molecular formula is C19H19NO2S. The summed E-state index contributed by atoms with van der Waals surface area (Å²) in [4.78, 5) is 16.3. The Labute approximate surface area is 139 Å². The fraction of sp³-hybridized carbons (Fsp3) is 0.316. The summed E-state index contributed by atoms with van der Waals surface area (Å²) in [6.45, 7) is 7.53. The minimum absolute atomic E-state index is 0.00866. The van der Waals surface area contributed by atoms with Crippen molar-refractivity contribution in [2.45, 2.75) is 33.7 Å². The van der Waals surface area contributed by atoms with Gasteiger partial charge in [0.15, 0.2) is 5.76 Å². The maximum absolute atomic E-state index is 13.0. The van der Waals surface area contributed by atoms with E-state index in [0.29, 0.717) is 12.3 Å². The van der Waals surface area contributed by atoms with Gasteiger partial charge in [0.25, 0.3) is 5.91 Å². The van der Waals surface area contributed by atoms with Gasteiger partial charge >= 0.3 is 0 Å². The molecule has 0 bridgehead atoms. The zero-order valence-electron chi connectivity index (χ0n) is 13.6. The molecule has 0 saturated carbocycles. The summed E-state index contributed by atoms with van der Waals surface area (Å²) in [5.74, 6) is 0.505. The van der Waals surface area contributed by atoms with Crippen LogP contribution in [-0.2, 0) is 13.0 Å². The van der Waals surface area contributed by atoms with Gasteiger partial charge in [-0.05, 0) is 55.3 Å². The van der Waals surface area contributed by atoms with Gasteiger partial charge in [-0.1, -0.05) is 12.1 Å². The monoisotopic (exact) mass is 325 g/mol. The van der Waals surface area contributed by atoms with E-state index in [1.54, 1.807) is 11.3 Å². The summed E-state index contributed by atoms with van der Waals surface area (Å²) in [6.07, 6.45) is 0.941. The highest BCUT2D eigenvalue weighted by atomic mass is 32.1. The molecule has 4 heteroatoms. The van der Waals surface area contributed by atoms with E-state index in [4.69, 9.17) is 4.42 Å². The Kier molecular flexibility index (Phi) is 3.31. The number of thiophene rings is 1. The van der Waals surface area contributed by atoms with E-state index in [1.165, 1.54) is 10.4 Å². The molecule has 0 unspecified atom stereocenters. The molecule has 3 nitrogen and oxygen atoms in total.